The van der Waals surface area contributed by atoms with Gasteiger partial charge in [0.2, 0.25) is 0 Å². The van der Waals surface area contributed by atoms with E-state index in [1.165, 1.54) is 0 Å². The average molecular weight is 227 g/mol. The third-order valence-corrected chi connectivity index (χ3v) is 2.43. The van der Waals surface area contributed by atoms with Gasteiger partial charge in [-0.3, -0.25) is 0 Å². The molecule has 0 amide bonds. The van der Waals surface area contributed by atoms with E-state index in [4.69, 9.17) is 11.0 Å². The lowest BCUT2D eigenvalue weighted by Gasteiger charge is -2.09. The largest absolute Gasteiger partial charge is 0.397 e. The second-order valence-corrected chi connectivity index (χ2v) is 3.64. The fourth-order valence-electron chi connectivity index (χ4n) is 1.52. The number of benzene rings is 1. The number of hydrogen-bond donors (Lipinski definition) is 2. The van der Waals surface area contributed by atoms with Crippen LogP contribution in [-0.2, 0) is 6.54 Å². The number of nitrogen functional groups attached to an aromatic ring is 1. The highest BCUT2D eigenvalue weighted by Crippen LogP contribution is 2.19. The highest BCUT2D eigenvalue weighted by molar-refractivity contribution is 5.68. The minimum Gasteiger partial charge on any atom is -0.397 e. The lowest BCUT2D eigenvalue weighted by atomic mass is 10.2. The van der Waals surface area contributed by atoms with Crippen molar-refractivity contribution >= 4 is 11.4 Å². The van der Waals surface area contributed by atoms with Crippen LogP contribution in [-0.4, -0.2) is 16.1 Å². The number of nitrogens with two attached hydrogens (primary N) is 1. The smallest absolute Gasteiger partial charge is 0.0992 e. The third-order valence-electron chi connectivity index (χ3n) is 2.43. The van der Waals surface area contributed by atoms with Gasteiger partial charge in [0, 0.05) is 25.5 Å². The molecule has 0 fully saturated rings. The third kappa shape index (κ3) is 2.75. The predicted molar refractivity (Wildman–Crippen MR) is 66.3 cm³/mol. The SMILES string of the molecule is N#Cc1ccc(N)c(NCCn2ccnc2)c1. The zero-order chi connectivity index (χ0) is 12.1. The average Bonchev–Trinajstić information content (AvgIpc) is 2.84. The van der Waals surface area contributed by atoms with Gasteiger partial charge in [-0.1, -0.05) is 0 Å². The van der Waals surface area contributed by atoms with E-state index in [2.05, 4.69) is 16.4 Å². The zero-order valence-electron chi connectivity index (χ0n) is 9.30. The van der Waals surface area contributed by atoms with Gasteiger partial charge in [0.1, 0.15) is 0 Å². The molecule has 0 spiro atoms. The number of rotatable bonds is 4. The maximum Gasteiger partial charge on any atom is 0.0992 e. The zero-order valence-corrected chi connectivity index (χ0v) is 9.30. The van der Waals surface area contributed by atoms with Crippen molar-refractivity contribution in [3.8, 4) is 6.07 Å². The van der Waals surface area contributed by atoms with Crippen molar-refractivity contribution in [3.05, 3.63) is 42.5 Å². The maximum atomic E-state index is 8.80. The van der Waals surface area contributed by atoms with E-state index in [1.807, 2.05) is 10.8 Å². The molecule has 86 valence electrons. The van der Waals surface area contributed by atoms with Crippen molar-refractivity contribution in [2.75, 3.05) is 17.6 Å². The summed E-state index contributed by atoms with van der Waals surface area (Å²) in [5, 5.41) is 12.0. The molecule has 0 unspecified atom stereocenters. The Labute approximate surface area is 99.5 Å². The van der Waals surface area contributed by atoms with Crippen LogP contribution in [0.2, 0.25) is 0 Å². The highest BCUT2D eigenvalue weighted by atomic mass is 15.0. The first kappa shape index (κ1) is 11.0. The van der Waals surface area contributed by atoms with E-state index in [-0.39, 0.29) is 0 Å². The normalized spacial score (nSPS) is 9.82. The number of anilines is 2. The van der Waals surface area contributed by atoms with Gasteiger partial charge in [-0.25, -0.2) is 4.98 Å². The van der Waals surface area contributed by atoms with E-state index in [1.54, 1.807) is 30.7 Å². The molecule has 0 saturated carbocycles. The first-order valence-corrected chi connectivity index (χ1v) is 5.29. The van der Waals surface area contributed by atoms with Crippen LogP contribution >= 0.6 is 0 Å². The first-order chi connectivity index (χ1) is 8.29. The topological polar surface area (TPSA) is 79.7 Å². The molecule has 1 heterocycles. The summed E-state index contributed by atoms with van der Waals surface area (Å²) in [6.45, 7) is 1.53. The molecule has 0 saturated heterocycles. The molecular weight excluding hydrogens is 214 g/mol. The molecule has 0 bridgehead atoms. The Kier molecular flexibility index (Phi) is 3.26. The standard InChI is InChI=1S/C12H13N5/c13-8-10-1-2-11(14)12(7-10)16-4-6-17-5-3-15-9-17/h1-3,5,7,9,16H,4,6,14H2. The molecule has 2 rings (SSSR count). The molecule has 17 heavy (non-hydrogen) atoms. The molecule has 1 aromatic heterocycles. The Bertz CT molecular complexity index is 524. The molecule has 0 aliphatic carbocycles. The Morgan fingerprint density at radius 3 is 3.06 bits per heavy atom. The number of aromatic nitrogens is 2. The maximum absolute atomic E-state index is 8.80. The monoisotopic (exact) mass is 227 g/mol. The number of nitrogens with one attached hydrogen (secondary N) is 1. The quantitative estimate of drug-likeness (QED) is 0.775. The van der Waals surface area contributed by atoms with Crippen molar-refractivity contribution in [1.29, 1.82) is 5.26 Å². The van der Waals surface area contributed by atoms with Crippen LogP contribution in [0.4, 0.5) is 11.4 Å². The number of imidazole rings is 1. The minimum absolute atomic E-state index is 0.601. The van der Waals surface area contributed by atoms with Crippen LogP contribution in [0.3, 0.4) is 0 Å². The summed E-state index contributed by atoms with van der Waals surface area (Å²) < 4.78 is 1.97. The van der Waals surface area contributed by atoms with Crippen LogP contribution in [0.1, 0.15) is 5.56 Å². The van der Waals surface area contributed by atoms with Crippen molar-refractivity contribution in [3.63, 3.8) is 0 Å². The van der Waals surface area contributed by atoms with Crippen LogP contribution in [0.25, 0.3) is 0 Å². The molecule has 0 radical (unpaired) electrons. The van der Waals surface area contributed by atoms with Gasteiger partial charge in [-0.2, -0.15) is 5.26 Å². The van der Waals surface area contributed by atoms with Gasteiger partial charge in [0.25, 0.3) is 0 Å². The van der Waals surface area contributed by atoms with Gasteiger partial charge >= 0.3 is 0 Å². The first-order valence-electron chi connectivity index (χ1n) is 5.29. The minimum atomic E-state index is 0.601. The van der Waals surface area contributed by atoms with Crippen LogP contribution in [0, 0.1) is 11.3 Å². The molecule has 1 aromatic carbocycles. The van der Waals surface area contributed by atoms with Gasteiger partial charge in [0.15, 0.2) is 0 Å². The number of hydrogen-bond acceptors (Lipinski definition) is 4. The summed E-state index contributed by atoms with van der Waals surface area (Å²) in [6, 6.07) is 7.28. The molecule has 5 nitrogen and oxygen atoms in total. The molecule has 3 N–H and O–H groups in total. The molecular formula is C12H13N5. The summed E-state index contributed by atoms with van der Waals surface area (Å²) in [4.78, 5) is 3.96. The Morgan fingerprint density at radius 1 is 1.47 bits per heavy atom. The molecule has 0 aliphatic rings. The van der Waals surface area contributed by atoms with E-state index >= 15 is 0 Å². The predicted octanol–water partition coefficient (Wildman–Crippen LogP) is 1.45. The summed E-state index contributed by atoms with van der Waals surface area (Å²) in [6.07, 6.45) is 5.40. The van der Waals surface area contributed by atoms with Gasteiger partial charge in [-0.05, 0) is 18.2 Å². The summed E-state index contributed by atoms with van der Waals surface area (Å²) in [5.41, 5.74) is 7.86. The van der Waals surface area contributed by atoms with E-state index in [0.29, 0.717) is 11.3 Å². The Balaban J connectivity index is 1.97. The Morgan fingerprint density at radius 2 is 2.35 bits per heavy atom. The van der Waals surface area contributed by atoms with E-state index in [9.17, 15) is 0 Å². The molecule has 5 heteroatoms. The fourth-order valence-corrected chi connectivity index (χ4v) is 1.52. The molecule has 0 atom stereocenters. The van der Waals surface area contributed by atoms with Gasteiger partial charge < -0.3 is 15.6 Å². The van der Waals surface area contributed by atoms with Gasteiger partial charge in [0.05, 0.1) is 29.3 Å². The fraction of sp³-hybridized carbons (Fsp3) is 0.167. The second kappa shape index (κ2) is 5.03. The van der Waals surface area contributed by atoms with Crippen molar-refractivity contribution in [2.24, 2.45) is 0 Å². The Hall–Kier alpha value is -2.48. The highest BCUT2D eigenvalue weighted by Gasteiger charge is 2.00. The molecule has 2 aromatic rings. The van der Waals surface area contributed by atoms with Crippen molar-refractivity contribution in [2.45, 2.75) is 6.54 Å². The van der Waals surface area contributed by atoms with E-state index in [0.717, 1.165) is 18.8 Å². The van der Waals surface area contributed by atoms with Crippen LogP contribution in [0.5, 0.6) is 0 Å². The van der Waals surface area contributed by atoms with Crippen LogP contribution < -0.4 is 11.1 Å². The lowest BCUT2D eigenvalue weighted by molar-refractivity contribution is 0.727. The lowest BCUT2D eigenvalue weighted by Crippen LogP contribution is -2.10. The number of nitriles is 1. The van der Waals surface area contributed by atoms with Crippen molar-refractivity contribution in [1.82, 2.24) is 9.55 Å². The van der Waals surface area contributed by atoms with Gasteiger partial charge in [-0.15, -0.1) is 0 Å². The molecule has 0 aliphatic heterocycles. The summed E-state index contributed by atoms with van der Waals surface area (Å²) in [5.74, 6) is 0. The summed E-state index contributed by atoms with van der Waals surface area (Å²) >= 11 is 0. The van der Waals surface area contributed by atoms with Crippen molar-refractivity contribution < 1.29 is 0 Å². The van der Waals surface area contributed by atoms with Crippen LogP contribution in [0.15, 0.2) is 36.9 Å². The van der Waals surface area contributed by atoms with E-state index < -0.39 is 0 Å². The summed E-state index contributed by atoms with van der Waals surface area (Å²) in [7, 11) is 0. The number of nitrogens with zero attached hydrogens (tertiary/aromatic N) is 3. The second-order valence-electron chi connectivity index (χ2n) is 3.64.